The van der Waals surface area contributed by atoms with Gasteiger partial charge >= 0.3 is 0 Å². The topological polar surface area (TPSA) is 61.4 Å². The van der Waals surface area contributed by atoms with Gasteiger partial charge in [0.1, 0.15) is 5.82 Å². The molecular formula is C13H15Cl2FN2O2. The van der Waals surface area contributed by atoms with Crippen LogP contribution in [-0.4, -0.2) is 16.6 Å². The molecule has 0 aromatic heterocycles. The second-order valence-corrected chi connectivity index (χ2v) is 5.84. The predicted molar refractivity (Wildman–Crippen MR) is 76.2 cm³/mol. The van der Waals surface area contributed by atoms with E-state index in [-0.39, 0.29) is 28.1 Å². The van der Waals surface area contributed by atoms with Gasteiger partial charge in [0.15, 0.2) is 0 Å². The van der Waals surface area contributed by atoms with Crippen molar-refractivity contribution in [3.63, 3.8) is 0 Å². The molecule has 0 radical (unpaired) electrons. The van der Waals surface area contributed by atoms with Crippen molar-refractivity contribution in [1.29, 1.82) is 0 Å². The van der Waals surface area contributed by atoms with Gasteiger partial charge < -0.3 is 5.11 Å². The normalized spacial score (nSPS) is 17.0. The second kappa shape index (κ2) is 6.16. The van der Waals surface area contributed by atoms with E-state index >= 15 is 0 Å². The molecule has 0 aliphatic heterocycles. The van der Waals surface area contributed by atoms with Gasteiger partial charge in [-0.1, -0.05) is 36.0 Å². The van der Waals surface area contributed by atoms with Crippen molar-refractivity contribution in [2.45, 2.75) is 37.7 Å². The van der Waals surface area contributed by atoms with Crippen molar-refractivity contribution >= 4 is 34.8 Å². The maximum atomic E-state index is 13.0. The lowest BCUT2D eigenvalue weighted by atomic mass is 9.98. The summed E-state index contributed by atoms with van der Waals surface area (Å²) in [5.74, 6) is -0.928. The first kappa shape index (κ1) is 15.4. The van der Waals surface area contributed by atoms with E-state index < -0.39 is 11.4 Å². The zero-order valence-corrected chi connectivity index (χ0v) is 12.2. The number of rotatable bonds is 4. The number of hydrazine groups is 1. The summed E-state index contributed by atoms with van der Waals surface area (Å²) in [4.78, 5) is 11.8. The number of carbonyl (C=O) groups excluding carboxylic acids is 1. The Morgan fingerprint density at radius 3 is 2.40 bits per heavy atom. The van der Waals surface area contributed by atoms with E-state index in [0.717, 1.165) is 25.0 Å². The van der Waals surface area contributed by atoms with Gasteiger partial charge in [0, 0.05) is 0 Å². The summed E-state index contributed by atoms with van der Waals surface area (Å²) in [6.07, 6.45) is 3.10. The van der Waals surface area contributed by atoms with Crippen LogP contribution in [0, 0.1) is 5.82 Å². The molecular weight excluding hydrogens is 306 g/mol. The monoisotopic (exact) mass is 320 g/mol. The molecule has 3 N–H and O–H groups in total. The highest BCUT2D eigenvalue weighted by atomic mass is 35.5. The van der Waals surface area contributed by atoms with E-state index in [9.17, 15) is 14.3 Å². The predicted octanol–water partition coefficient (Wildman–Crippen LogP) is 3.27. The van der Waals surface area contributed by atoms with Crippen LogP contribution in [0.3, 0.4) is 0 Å². The Morgan fingerprint density at radius 1 is 1.30 bits per heavy atom. The average molecular weight is 321 g/mol. The third kappa shape index (κ3) is 3.75. The molecule has 1 aliphatic carbocycles. The minimum atomic E-state index is -0.928. The van der Waals surface area contributed by atoms with E-state index in [2.05, 4.69) is 10.9 Å². The number of amides is 1. The van der Waals surface area contributed by atoms with Crippen LogP contribution in [0.15, 0.2) is 12.1 Å². The van der Waals surface area contributed by atoms with Crippen molar-refractivity contribution in [1.82, 2.24) is 5.43 Å². The summed E-state index contributed by atoms with van der Waals surface area (Å²) < 4.78 is 13.0. The molecule has 110 valence electrons. The molecule has 0 bridgehead atoms. The minimum Gasteiger partial charge on any atom is -0.389 e. The maximum absolute atomic E-state index is 13.0. The van der Waals surface area contributed by atoms with E-state index in [0.29, 0.717) is 12.8 Å². The van der Waals surface area contributed by atoms with Crippen LogP contribution >= 0.6 is 23.2 Å². The highest BCUT2D eigenvalue weighted by Crippen LogP contribution is 2.33. The molecule has 0 spiro atoms. The number of hydrogen-bond donors (Lipinski definition) is 3. The van der Waals surface area contributed by atoms with Crippen LogP contribution in [0.4, 0.5) is 10.1 Å². The number of hydrogen-bond acceptors (Lipinski definition) is 3. The number of aliphatic hydroxyl groups is 1. The molecule has 1 aliphatic rings. The van der Waals surface area contributed by atoms with Crippen LogP contribution in [0.25, 0.3) is 0 Å². The summed E-state index contributed by atoms with van der Waals surface area (Å²) in [7, 11) is 0. The summed E-state index contributed by atoms with van der Waals surface area (Å²) >= 11 is 11.7. The third-order valence-corrected chi connectivity index (χ3v) is 3.95. The van der Waals surface area contributed by atoms with Crippen LogP contribution in [0.2, 0.25) is 10.0 Å². The molecule has 1 amide bonds. The lowest BCUT2D eigenvalue weighted by Crippen LogP contribution is -2.37. The van der Waals surface area contributed by atoms with E-state index in [4.69, 9.17) is 23.2 Å². The first-order chi connectivity index (χ1) is 9.39. The number of nitrogens with one attached hydrogen (secondary N) is 2. The van der Waals surface area contributed by atoms with Crippen molar-refractivity contribution in [3.8, 4) is 0 Å². The van der Waals surface area contributed by atoms with Gasteiger partial charge in [-0.3, -0.25) is 15.6 Å². The van der Waals surface area contributed by atoms with Gasteiger partial charge in [-0.25, -0.2) is 4.39 Å². The number of benzene rings is 1. The molecule has 0 atom stereocenters. The van der Waals surface area contributed by atoms with Gasteiger partial charge in [-0.2, -0.15) is 0 Å². The van der Waals surface area contributed by atoms with Crippen LogP contribution < -0.4 is 10.9 Å². The molecule has 20 heavy (non-hydrogen) atoms. The largest absolute Gasteiger partial charge is 0.389 e. The SMILES string of the molecule is O=C(CC1(O)CCCC1)NNc1c(Cl)cc(F)cc1Cl. The Kier molecular flexibility index (Phi) is 4.73. The van der Waals surface area contributed by atoms with Gasteiger partial charge in [-0.15, -0.1) is 0 Å². The third-order valence-electron chi connectivity index (χ3n) is 3.36. The van der Waals surface area contributed by atoms with E-state index in [1.165, 1.54) is 0 Å². The van der Waals surface area contributed by atoms with Gasteiger partial charge in [0.25, 0.3) is 0 Å². The summed E-state index contributed by atoms with van der Waals surface area (Å²) in [5.41, 5.74) is 4.27. The van der Waals surface area contributed by atoms with Crippen LogP contribution in [0.5, 0.6) is 0 Å². The van der Waals surface area contributed by atoms with Crippen molar-refractivity contribution in [2.75, 3.05) is 5.43 Å². The molecule has 2 rings (SSSR count). The van der Waals surface area contributed by atoms with Crippen molar-refractivity contribution in [3.05, 3.63) is 28.0 Å². The Morgan fingerprint density at radius 2 is 1.85 bits per heavy atom. The smallest absolute Gasteiger partial charge is 0.241 e. The molecule has 1 fully saturated rings. The minimum absolute atomic E-state index is 0.0103. The zero-order valence-electron chi connectivity index (χ0n) is 10.7. The zero-order chi connectivity index (χ0) is 14.8. The second-order valence-electron chi connectivity index (χ2n) is 5.03. The number of carbonyl (C=O) groups is 1. The fourth-order valence-electron chi connectivity index (χ4n) is 2.35. The van der Waals surface area contributed by atoms with Crippen molar-refractivity contribution < 1.29 is 14.3 Å². The highest BCUT2D eigenvalue weighted by molar-refractivity contribution is 6.39. The van der Waals surface area contributed by atoms with Gasteiger partial charge in [0.2, 0.25) is 5.91 Å². The first-order valence-electron chi connectivity index (χ1n) is 6.31. The quantitative estimate of drug-likeness (QED) is 0.746. The molecule has 7 heteroatoms. The standard InChI is InChI=1S/C13H15Cl2FN2O2/c14-9-5-8(16)6-10(15)12(9)18-17-11(19)7-13(20)3-1-2-4-13/h5-6,18,20H,1-4,7H2,(H,17,19). The van der Waals surface area contributed by atoms with Gasteiger partial charge in [0.05, 0.1) is 27.8 Å². The number of anilines is 1. The fraction of sp³-hybridized carbons (Fsp3) is 0.462. The first-order valence-corrected chi connectivity index (χ1v) is 7.07. The summed E-state index contributed by atoms with van der Waals surface area (Å²) in [6, 6.07) is 2.18. The van der Waals surface area contributed by atoms with E-state index in [1.807, 2.05) is 0 Å². The molecule has 4 nitrogen and oxygen atoms in total. The Hall–Kier alpha value is -1.04. The molecule has 1 saturated carbocycles. The summed E-state index contributed by atoms with van der Waals surface area (Å²) in [6.45, 7) is 0. The average Bonchev–Trinajstić information content (AvgIpc) is 2.74. The van der Waals surface area contributed by atoms with Crippen LogP contribution in [-0.2, 0) is 4.79 Å². The Balaban J connectivity index is 1.93. The Bertz CT molecular complexity index is 496. The van der Waals surface area contributed by atoms with Crippen LogP contribution in [0.1, 0.15) is 32.1 Å². The van der Waals surface area contributed by atoms with Gasteiger partial charge in [-0.05, 0) is 25.0 Å². The maximum Gasteiger partial charge on any atom is 0.241 e. The lowest BCUT2D eigenvalue weighted by Gasteiger charge is -2.21. The molecule has 0 unspecified atom stereocenters. The number of halogens is 3. The molecule has 1 aromatic carbocycles. The molecule has 0 saturated heterocycles. The summed E-state index contributed by atoms with van der Waals surface area (Å²) in [5, 5.41) is 10.2. The Labute approximate surface area is 126 Å². The highest BCUT2D eigenvalue weighted by Gasteiger charge is 2.33. The molecule has 1 aromatic rings. The van der Waals surface area contributed by atoms with Crippen molar-refractivity contribution in [2.24, 2.45) is 0 Å². The van der Waals surface area contributed by atoms with E-state index in [1.54, 1.807) is 0 Å². The molecule has 0 heterocycles. The fourth-order valence-corrected chi connectivity index (χ4v) is 2.90. The lowest BCUT2D eigenvalue weighted by molar-refractivity contribution is -0.125.